The van der Waals surface area contributed by atoms with Gasteiger partial charge < -0.3 is 19.9 Å². The Morgan fingerprint density at radius 2 is 1.70 bits per heavy atom. The molecular weight excluding hydrogens is 515 g/mol. The van der Waals surface area contributed by atoms with Crippen LogP contribution in [-0.2, 0) is 16.4 Å². The van der Waals surface area contributed by atoms with E-state index in [-0.39, 0.29) is 24.0 Å². The molecule has 9 heteroatoms. The van der Waals surface area contributed by atoms with Gasteiger partial charge in [0.1, 0.15) is 5.75 Å². The predicted octanol–water partition coefficient (Wildman–Crippen LogP) is 2.61. The van der Waals surface area contributed by atoms with E-state index >= 15 is 0 Å². The molecule has 30 heavy (non-hydrogen) atoms. The van der Waals surface area contributed by atoms with E-state index in [9.17, 15) is 8.42 Å². The van der Waals surface area contributed by atoms with Crippen molar-refractivity contribution in [2.24, 2.45) is 4.99 Å². The lowest BCUT2D eigenvalue weighted by Gasteiger charge is -2.38. The van der Waals surface area contributed by atoms with Gasteiger partial charge in [0.25, 0.3) is 0 Å². The first-order valence-electron chi connectivity index (χ1n) is 9.55. The minimum absolute atomic E-state index is 0. The van der Waals surface area contributed by atoms with Crippen molar-refractivity contribution in [3.05, 3.63) is 54.1 Å². The number of nitrogens with zero attached hydrogens (tertiary/aromatic N) is 3. The number of sulfone groups is 1. The number of para-hydroxylation sites is 2. The topological polar surface area (TPSA) is 74.2 Å². The molecule has 1 heterocycles. The number of hydrogen-bond acceptors (Lipinski definition) is 5. The van der Waals surface area contributed by atoms with Gasteiger partial charge in [0.2, 0.25) is 0 Å². The Bertz CT molecular complexity index is 956. The van der Waals surface area contributed by atoms with Crippen molar-refractivity contribution in [1.29, 1.82) is 0 Å². The number of methoxy groups -OCH3 is 1. The van der Waals surface area contributed by atoms with Gasteiger partial charge >= 0.3 is 0 Å². The largest absolute Gasteiger partial charge is 0.495 e. The second kappa shape index (κ2) is 10.9. The smallest absolute Gasteiger partial charge is 0.194 e. The summed E-state index contributed by atoms with van der Waals surface area (Å²) in [5, 5.41) is 3.37. The van der Waals surface area contributed by atoms with Gasteiger partial charge in [-0.2, -0.15) is 0 Å². The number of benzene rings is 2. The van der Waals surface area contributed by atoms with E-state index in [4.69, 9.17) is 4.74 Å². The van der Waals surface area contributed by atoms with Crippen molar-refractivity contribution >= 4 is 45.5 Å². The predicted molar refractivity (Wildman–Crippen MR) is 132 cm³/mol. The molecule has 0 bridgehead atoms. The number of guanidine groups is 1. The Kier molecular flexibility index (Phi) is 8.78. The number of aliphatic imine (C=N–C) groups is 1. The van der Waals surface area contributed by atoms with Crippen LogP contribution in [0.2, 0.25) is 0 Å². The van der Waals surface area contributed by atoms with E-state index in [0.29, 0.717) is 11.4 Å². The Hall–Kier alpha value is -2.01. The first-order chi connectivity index (χ1) is 13.9. The molecule has 0 atom stereocenters. The minimum atomic E-state index is -3.17. The summed E-state index contributed by atoms with van der Waals surface area (Å²) in [6.07, 6.45) is 1.22. The average Bonchev–Trinajstić information content (AvgIpc) is 2.74. The molecule has 164 valence electrons. The van der Waals surface area contributed by atoms with Gasteiger partial charge in [-0.25, -0.2) is 8.42 Å². The highest BCUT2D eigenvalue weighted by Gasteiger charge is 2.21. The first kappa shape index (κ1) is 24.3. The summed E-state index contributed by atoms with van der Waals surface area (Å²) < 4.78 is 28.6. The van der Waals surface area contributed by atoms with E-state index in [1.807, 2.05) is 30.3 Å². The molecule has 1 N–H and O–H groups in total. The van der Waals surface area contributed by atoms with E-state index < -0.39 is 9.84 Å². The van der Waals surface area contributed by atoms with E-state index in [2.05, 4.69) is 26.2 Å². The van der Waals surface area contributed by atoms with Crippen LogP contribution in [0, 0.1) is 0 Å². The number of hydrogen-bond donors (Lipinski definition) is 1. The molecule has 1 aliphatic rings. The Morgan fingerprint density at radius 3 is 2.27 bits per heavy atom. The second-order valence-corrected chi connectivity index (χ2v) is 8.98. The van der Waals surface area contributed by atoms with Gasteiger partial charge in [0.05, 0.1) is 17.7 Å². The lowest BCUT2D eigenvalue weighted by molar-refractivity contribution is 0.367. The van der Waals surface area contributed by atoms with Crippen molar-refractivity contribution < 1.29 is 13.2 Å². The molecule has 2 aromatic carbocycles. The summed E-state index contributed by atoms with van der Waals surface area (Å²) in [6.45, 7) is 4.05. The molecule has 0 aromatic heterocycles. The summed E-state index contributed by atoms with van der Waals surface area (Å²) in [5.74, 6) is 1.73. The zero-order chi connectivity index (χ0) is 20.9. The van der Waals surface area contributed by atoms with Crippen LogP contribution in [0.3, 0.4) is 0 Å². The maximum absolute atomic E-state index is 11.6. The normalized spacial score (nSPS) is 14.8. The van der Waals surface area contributed by atoms with Crippen molar-refractivity contribution in [2.45, 2.75) is 11.4 Å². The van der Waals surface area contributed by atoms with Crippen LogP contribution in [0.15, 0.2) is 58.4 Å². The molecule has 2 aromatic rings. The van der Waals surface area contributed by atoms with Crippen LogP contribution < -0.4 is 15.0 Å². The fourth-order valence-corrected chi connectivity index (χ4v) is 4.05. The van der Waals surface area contributed by atoms with Gasteiger partial charge in [-0.05, 0) is 29.8 Å². The summed E-state index contributed by atoms with van der Waals surface area (Å²) in [4.78, 5) is 9.30. The Labute approximate surface area is 196 Å². The molecule has 1 aliphatic heterocycles. The molecule has 1 fully saturated rings. The molecule has 1 saturated heterocycles. The maximum atomic E-state index is 11.6. The number of piperazine rings is 1. The summed E-state index contributed by atoms with van der Waals surface area (Å²) in [7, 11) is 0.305. The number of halogens is 1. The molecule has 0 amide bonds. The van der Waals surface area contributed by atoms with E-state index in [1.54, 1.807) is 26.3 Å². The van der Waals surface area contributed by atoms with Gasteiger partial charge in [0.15, 0.2) is 15.8 Å². The molecule has 7 nitrogen and oxygen atoms in total. The third kappa shape index (κ3) is 6.00. The third-order valence-corrected chi connectivity index (χ3v) is 6.15. The first-order valence-corrected chi connectivity index (χ1v) is 11.4. The van der Waals surface area contributed by atoms with Crippen LogP contribution >= 0.6 is 24.0 Å². The Balaban J connectivity index is 0.00000320. The number of anilines is 1. The van der Waals surface area contributed by atoms with Gasteiger partial charge in [-0.1, -0.05) is 24.3 Å². The number of nitrogens with one attached hydrogen (secondary N) is 1. The van der Waals surface area contributed by atoms with Crippen molar-refractivity contribution in [1.82, 2.24) is 10.2 Å². The van der Waals surface area contributed by atoms with Crippen LogP contribution in [0.4, 0.5) is 5.69 Å². The van der Waals surface area contributed by atoms with Gasteiger partial charge in [-0.3, -0.25) is 4.99 Å². The molecular formula is C21H29IN4O3S. The minimum Gasteiger partial charge on any atom is -0.495 e. The monoisotopic (exact) mass is 544 g/mol. The summed E-state index contributed by atoms with van der Waals surface area (Å²) in [6, 6.07) is 15.0. The molecule has 0 unspecified atom stereocenters. The molecule has 0 saturated carbocycles. The fourth-order valence-electron chi connectivity index (χ4n) is 3.42. The standard InChI is InChI=1S/C21H28N4O3S.HI/c1-22-21(23-16-17-8-10-18(11-9-17)29(3,26)27)25-14-12-24(13-15-25)19-6-4-5-7-20(19)28-2;/h4-11H,12-16H2,1-3H3,(H,22,23);1H. The van der Waals surface area contributed by atoms with Crippen molar-refractivity contribution in [2.75, 3.05) is 51.5 Å². The fraction of sp³-hybridized carbons (Fsp3) is 0.381. The molecule has 0 radical (unpaired) electrons. The maximum Gasteiger partial charge on any atom is 0.194 e. The summed E-state index contributed by atoms with van der Waals surface area (Å²) >= 11 is 0. The van der Waals surface area contributed by atoms with E-state index in [0.717, 1.165) is 49.1 Å². The zero-order valence-electron chi connectivity index (χ0n) is 17.5. The third-order valence-electron chi connectivity index (χ3n) is 5.02. The number of rotatable bonds is 5. The van der Waals surface area contributed by atoms with Gasteiger partial charge in [-0.15, -0.1) is 24.0 Å². The average molecular weight is 544 g/mol. The van der Waals surface area contributed by atoms with Crippen LogP contribution in [0.5, 0.6) is 5.75 Å². The second-order valence-electron chi connectivity index (χ2n) is 6.96. The van der Waals surface area contributed by atoms with Crippen molar-refractivity contribution in [3.8, 4) is 5.75 Å². The highest BCUT2D eigenvalue weighted by molar-refractivity contribution is 14.0. The van der Waals surface area contributed by atoms with Gasteiger partial charge in [0, 0.05) is 46.0 Å². The van der Waals surface area contributed by atoms with E-state index in [1.165, 1.54) is 6.26 Å². The highest BCUT2D eigenvalue weighted by atomic mass is 127. The number of ether oxygens (including phenoxy) is 1. The zero-order valence-corrected chi connectivity index (χ0v) is 20.7. The van der Waals surface area contributed by atoms with Crippen molar-refractivity contribution in [3.63, 3.8) is 0 Å². The highest BCUT2D eigenvalue weighted by Crippen LogP contribution is 2.28. The molecule has 3 rings (SSSR count). The molecule has 0 spiro atoms. The molecule has 0 aliphatic carbocycles. The van der Waals surface area contributed by atoms with Crippen LogP contribution in [-0.4, -0.2) is 65.9 Å². The summed E-state index contributed by atoms with van der Waals surface area (Å²) in [5.41, 5.74) is 2.12. The lowest BCUT2D eigenvalue weighted by Crippen LogP contribution is -2.52. The SMILES string of the molecule is CN=C(NCc1ccc(S(C)(=O)=O)cc1)N1CCN(c2ccccc2OC)CC1.I. The quantitative estimate of drug-likeness (QED) is 0.355. The van der Waals surface area contributed by atoms with Crippen LogP contribution in [0.1, 0.15) is 5.56 Å². The van der Waals surface area contributed by atoms with Crippen LogP contribution in [0.25, 0.3) is 0 Å². The Morgan fingerprint density at radius 1 is 1.07 bits per heavy atom. The lowest BCUT2D eigenvalue weighted by atomic mass is 10.2.